The number of ether oxygens (including phenoxy) is 1. The van der Waals surface area contributed by atoms with Crippen molar-refractivity contribution in [2.75, 3.05) is 18.2 Å². The lowest BCUT2D eigenvalue weighted by Gasteiger charge is -2.03. The second-order valence-corrected chi connectivity index (χ2v) is 7.45. The first kappa shape index (κ1) is 18.2. The van der Waals surface area contributed by atoms with Crippen molar-refractivity contribution in [1.82, 2.24) is 4.98 Å². The Morgan fingerprint density at radius 3 is 2.77 bits per heavy atom. The number of benzene rings is 2. The zero-order valence-corrected chi connectivity index (χ0v) is 15.4. The minimum atomic E-state index is -0.465. The number of nitro groups is 1. The van der Waals surface area contributed by atoms with Crippen LogP contribution in [0.15, 0.2) is 47.4 Å². The fourth-order valence-corrected chi connectivity index (χ4v) is 3.91. The lowest BCUT2D eigenvalue weighted by Crippen LogP contribution is -2.11. The van der Waals surface area contributed by atoms with Crippen LogP contribution in [0.5, 0.6) is 5.75 Å². The third kappa shape index (κ3) is 4.50. The van der Waals surface area contributed by atoms with Gasteiger partial charge in [0.1, 0.15) is 5.75 Å². The Morgan fingerprint density at radius 1 is 1.31 bits per heavy atom. The molecule has 9 heteroatoms. The van der Waals surface area contributed by atoms with Gasteiger partial charge >= 0.3 is 0 Å². The fourth-order valence-electron chi connectivity index (χ4n) is 2.20. The van der Waals surface area contributed by atoms with Crippen molar-refractivity contribution in [3.05, 3.63) is 52.6 Å². The van der Waals surface area contributed by atoms with Gasteiger partial charge in [0.15, 0.2) is 5.13 Å². The van der Waals surface area contributed by atoms with E-state index in [1.54, 1.807) is 24.9 Å². The van der Waals surface area contributed by atoms with E-state index in [1.807, 2.05) is 24.3 Å². The Kier molecular flexibility index (Phi) is 5.69. The van der Waals surface area contributed by atoms with Gasteiger partial charge in [-0.3, -0.25) is 14.9 Å². The molecule has 0 aliphatic heterocycles. The monoisotopic (exact) mass is 389 g/mol. The maximum absolute atomic E-state index is 12.1. The van der Waals surface area contributed by atoms with Gasteiger partial charge < -0.3 is 10.1 Å². The molecule has 0 fully saturated rings. The van der Waals surface area contributed by atoms with Gasteiger partial charge in [-0.15, -0.1) is 11.8 Å². The molecule has 0 saturated carbocycles. The molecule has 1 amide bonds. The molecule has 134 valence electrons. The number of anilines is 1. The molecular weight excluding hydrogens is 374 g/mol. The highest BCUT2D eigenvalue weighted by Gasteiger charge is 2.12. The van der Waals surface area contributed by atoms with E-state index in [0.29, 0.717) is 22.8 Å². The smallest absolute Gasteiger partial charge is 0.271 e. The average molecular weight is 389 g/mol. The van der Waals surface area contributed by atoms with Gasteiger partial charge in [0.25, 0.3) is 5.69 Å². The third-order valence-electron chi connectivity index (χ3n) is 3.49. The van der Waals surface area contributed by atoms with Gasteiger partial charge in [0.05, 0.1) is 22.2 Å². The van der Waals surface area contributed by atoms with Gasteiger partial charge in [-0.1, -0.05) is 11.3 Å². The lowest BCUT2D eigenvalue weighted by atomic mass is 10.3. The predicted octanol–water partition coefficient (Wildman–Crippen LogP) is 4.33. The van der Waals surface area contributed by atoms with Crippen LogP contribution in [0.25, 0.3) is 10.2 Å². The Morgan fingerprint density at radius 2 is 2.08 bits per heavy atom. The summed E-state index contributed by atoms with van der Waals surface area (Å²) in [5.74, 6) is 1.29. The van der Waals surface area contributed by atoms with Gasteiger partial charge in [-0.05, 0) is 30.3 Å². The number of thiazole rings is 1. The number of thioether (sulfide) groups is 1. The van der Waals surface area contributed by atoms with Crippen molar-refractivity contribution in [2.24, 2.45) is 0 Å². The number of carbonyl (C=O) groups excluding carboxylic acids is 1. The summed E-state index contributed by atoms with van der Waals surface area (Å²) in [6.07, 6.45) is 0.340. The van der Waals surface area contributed by atoms with Crippen LogP contribution in [0, 0.1) is 10.1 Å². The first-order valence-corrected chi connectivity index (χ1v) is 9.47. The molecule has 1 heterocycles. The highest BCUT2D eigenvalue weighted by molar-refractivity contribution is 7.99. The molecule has 1 aromatic heterocycles. The van der Waals surface area contributed by atoms with E-state index in [-0.39, 0.29) is 11.6 Å². The summed E-state index contributed by atoms with van der Waals surface area (Å²) in [4.78, 5) is 27.7. The maximum Gasteiger partial charge on any atom is 0.271 e. The molecule has 0 aliphatic carbocycles. The zero-order valence-electron chi connectivity index (χ0n) is 13.8. The van der Waals surface area contributed by atoms with Crippen LogP contribution in [0.3, 0.4) is 0 Å². The standard InChI is InChI=1S/C17H15N3O4S2/c1-24-12-3-5-13(6-4-12)25-9-8-16(21)19-17-18-14-10-11(20(22)23)2-7-15(14)26-17/h2-7,10H,8-9H2,1H3,(H,18,19,21). The second kappa shape index (κ2) is 8.15. The van der Waals surface area contributed by atoms with Crippen molar-refractivity contribution >= 4 is 50.0 Å². The lowest BCUT2D eigenvalue weighted by molar-refractivity contribution is -0.384. The van der Waals surface area contributed by atoms with Gasteiger partial charge in [0.2, 0.25) is 5.91 Å². The van der Waals surface area contributed by atoms with Gasteiger partial charge in [-0.25, -0.2) is 4.98 Å². The van der Waals surface area contributed by atoms with Crippen LogP contribution in [-0.2, 0) is 4.79 Å². The number of rotatable bonds is 7. The summed E-state index contributed by atoms with van der Waals surface area (Å²) in [6.45, 7) is 0. The van der Waals surface area contributed by atoms with Crippen LogP contribution in [0.4, 0.5) is 10.8 Å². The Hall–Kier alpha value is -2.65. The molecule has 0 unspecified atom stereocenters. The van der Waals surface area contributed by atoms with Crippen LogP contribution < -0.4 is 10.1 Å². The van der Waals surface area contributed by atoms with Crippen molar-refractivity contribution in [2.45, 2.75) is 11.3 Å². The number of fused-ring (bicyclic) bond motifs is 1. The van der Waals surface area contributed by atoms with Crippen molar-refractivity contribution in [1.29, 1.82) is 0 Å². The molecule has 2 aromatic carbocycles. The Bertz CT molecular complexity index is 941. The minimum absolute atomic E-state index is 0.0171. The van der Waals surface area contributed by atoms with E-state index in [4.69, 9.17) is 4.74 Å². The van der Waals surface area contributed by atoms with Gasteiger partial charge in [0, 0.05) is 29.2 Å². The number of hydrogen-bond acceptors (Lipinski definition) is 7. The number of nitrogens with zero attached hydrogens (tertiary/aromatic N) is 2. The quantitative estimate of drug-likeness (QED) is 0.367. The molecule has 3 rings (SSSR count). The molecule has 1 N–H and O–H groups in total. The van der Waals surface area contributed by atoms with E-state index in [0.717, 1.165) is 15.3 Å². The van der Waals surface area contributed by atoms with Crippen molar-refractivity contribution in [3.8, 4) is 5.75 Å². The number of aromatic nitrogens is 1. The highest BCUT2D eigenvalue weighted by Crippen LogP contribution is 2.29. The summed E-state index contributed by atoms with van der Waals surface area (Å²) >= 11 is 2.87. The highest BCUT2D eigenvalue weighted by atomic mass is 32.2. The summed E-state index contributed by atoms with van der Waals surface area (Å²) in [6, 6.07) is 12.1. The summed E-state index contributed by atoms with van der Waals surface area (Å²) in [5, 5.41) is 14.0. The second-order valence-electron chi connectivity index (χ2n) is 5.25. The molecule has 3 aromatic rings. The maximum atomic E-state index is 12.1. The topological polar surface area (TPSA) is 94.4 Å². The van der Waals surface area contributed by atoms with E-state index >= 15 is 0 Å². The first-order valence-electron chi connectivity index (χ1n) is 7.67. The number of hydrogen-bond donors (Lipinski definition) is 1. The molecule has 0 bridgehead atoms. The first-order chi connectivity index (χ1) is 12.5. The molecule has 26 heavy (non-hydrogen) atoms. The molecule has 0 aliphatic rings. The van der Waals surface area contributed by atoms with E-state index in [1.165, 1.54) is 23.5 Å². The molecule has 0 radical (unpaired) electrons. The van der Waals surface area contributed by atoms with Crippen molar-refractivity contribution < 1.29 is 14.5 Å². The Labute approximate surface area is 157 Å². The fraction of sp³-hybridized carbons (Fsp3) is 0.176. The molecular formula is C17H15N3O4S2. The number of amides is 1. The number of methoxy groups -OCH3 is 1. The average Bonchev–Trinajstić information content (AvgIpc) is 3.03. The van der Waals surface area contributed by atoms with Gasteiger partial charge in [-0.2, -0.15) is 0 Å². The normalized spacial score (nSPS) is 10.7. The largest absolute Gasteiger partial charge is 0.497 e. The summed E-state index contributed by atoms with van der Waals surface area (Å²) in [5.41, 5.74) is 0.490. The molecule has 0 atom stereocenters. The SMILES string of the molecule is COc1ccc(SCCC(=O)Nc2nc3cc([N+](=O)[O-])ccc3s2)cc1. The molecule has 0 spiro atoms. The molecule has 0 saturated heterocycles. The van der Waals surface area contributed by atoms with Crippen LogP contribution in [0.1, 0.15) is 6.42 Å². The Balaban J connectivity index is 1.54. The molecule has 7 nitrogen and oxygen atoms in total. The zero-order chi connectivity index (χ0) is 18.5. The van der Waals surface area contributed by atoms with Crippen LogP contribution in [-0.4, -0.2) is 28.7 Å². The van der Waals surface area contributed by atoms with Crippen molar-refractivity contribution in [3.63, 3.8) is 0 Å². The number of nitro benzene ring substituents is 1. The predicted molar refractivity (Wildman–Crippen MR) is 103 cm³/mol. The number of carbonyl (C=O) groups is 1. The van der Waals surface area contributed by atoms with Crippen LogP contribution >= 0.6 is 23.1 Å². The summed E-state index contributed by atoms with van der Waals surface area (Å²) in [7, 11) is 1.62. The summed E-state index contributed by atoms with van der Waals surface area (Å²) < 4.78 is 5.90. The number of nitrogens with one attached hydrogen (secondary N) is 1. The number of non-ortho nitro benzene ring substituents is 1. The third-order valence-corrected chi connectivity index (χ3v) is 5.45. The van der Waals surface area contributed by atoms with E-state index in [9.17, 15) is 14.9 Å². The van der Waals surface area contributed by atoms with E-state index in [2.05, 4.69) is 10.3 Å². The van der Waals surface area contributed by atoms with E-state index < -0.39 is 4.92 Å². The minimum Gasteiger partial charge on any atom is -0.497 e. The van der Waals surface area contributed by atoms with Crippen LogP contribution in [0.2, 0.25) is 0 Å².